The molecule has 0 spiro atoms. The van der Waals surface area contributed by atoms with Crippen molar-refractivity contribution >= 4 is 61.9 Å². The number of fused-ring (bicyclic) bond motifs is 9. The molecule has 6 aromatic carbocycles. The quantitative estimate of drug-likeness (QED) is 0.128. The van der Waals surface area contributed by atoms with Crippen LogP contribution >= 0.6 is 0 Å². The second kappa shape index (κ2) is 13.2. The lowest BCUT2D eigenvalue weighted by atomic mass is 9.98. The summed E-state index contributed by atoms with van der Waals surface area (Å²) < 4.78 is 2.32. The van der Waals surface area contributed by atoms with Gasteiger partial charge in [-0.1, -0.05) is 103 Å². The first-order valence-electron chi connectivity index (χ1n) is 18.5. The van der Waals surface area contributed by atoms with E-state index >= 15 is 0 Å². The molecule has 1 aliphatic rings. The maximum atomic E-state index is 5.09. The van der Waals surface area contributed by atoms with Crippen LogP contribution in [-0.4, -0.2) is 21.3 Å². The van der Waals surface area contributed by atoms with Crippen LogP contribution in [0.15, 0.2) is 187 Å². The van der Waals surface area contributed by atoms with Crippen molar-refractivity contribution in [3.8, 4) is 39.3 Å². The van der Waals surface area contributed by atoms with Gasteiger partial charge < -0.3 is 4.90 Å². The van der Waals surface area contributed by atoms with Crippen molar-refractivity contribution in [2.24, 2.45) is 4.99 Å². The lowest BCUT2D eigenvalue weighted by molar-refractivity contribution is 1.05. The number of para-hydroxylation sites is 4. The van der Waals surface area contributed by atoms with Crippen LogP contribution in [0.2, 0.25) is 0 Å². The first-order chi connectivity index (χ1) is 27.2. The highest BCUT2D eigenvalue weighted by Crippen LogP contribution is 2.54. The van der Waals surface area contributed by atoms with Crippen LogP contribution in [0.4, 0.5) is 17.1 Å². The molecule has 55 heavy (non-hydrogen) atoms. The van der Waals surface area contributed by atoms with E-state index in [-0.39, 0.29) is 0 Å². The van der Waals surface area contributed by atoms with Gasteiger partial charge in [0.25, 0.3) is 0 Å². The number of rotatable bonds is 6. The first kappa shape index (κ1) is 32.3. The molecule has 3 aromatic heterocycles. The number of aromatic nitrogens is 3. The molecule has 260 valence electrons. The highest BCUT2D eigenvalue weighted by molar-refractivity contribution is 6.13. The van der Waals surface area contributed by atoms with Gasteiger partial charge in [-0.25, -0.2) is 4.98 Å². The minimum absolute atomic E-state index is 0.844. The fourth-order valence-electron chi connectivity index (χ4n) is 8.23. The van der Waals surface area contributed by atoms with Gasteiger partial charge in [-0.2, -0.15) is 0 Å². The molecule has 0 bridgehead atoms. The van der Waals surface area contributed by atoms with Gasteiger partial charge in [-0.15, -0.1) is 0 Å². The second-order valence-corrected chi connectivity index (χ2v) is 13.7. The maximum Gasteiger partial charge on any atom is 0.137 e. The lowest BCUT2D eigenvalue weighted by Crippen LogP contribution is -2.11. The Labute approximate surface area is 319 Å². The SMILES string of the molecule is C=N/C=C(\C=C/C)c1ccc(-n2c3c(c4ccccc42)-c2ccccc2N(c2ccc4cc(-c5ccnc6ccccc56)ccc4c2)c2ccccc2-3)nc1. The summed E-state index contributed by atoms with van der Waals surface area (Å²) in [5, 5.41) is 4.69. The van der Waals surface area contributed by atoms with Crippen molar-refractivity contribution in [3.63, 3.8) is 0 Å². The number of hydrogen-bond acceptors (Lipinski definition) is 4. The van der Waals surface area contributed by atoms with Gasteiger partial charge in [0.1, 0.15) is 5.82 Å². The average molecular weight is 706 g/mol. The van der Waals surface area contributed by atoms with E-state index in [1.54, 1.807) is 6.20 Å². The Balaban J connectivity index is 1.16. The molecule has 0 unspecified atom stereocenters. The van der Waals surface area contributed by atoms with Crippen LogP contribution in [0, 0.1) is 0 Å². The van der Waals surface area contributed by atoms with E-state index in [2.05, 4.69) is 172 Å². The molecule has 0 aliphatic carbocycles. The van der Waals surface area contributed by atoms with Crippen molar-refractivity contribution in [2.75, 3.05) is 4.90 Å². The summed E-state index contributed by atoms with van der Waals surface area (Å²) in [5.74, 6) is 0.844. The standard InChI is InChI=1S/C50H35N5/c1-3-12-36(31-51-2)37-24-26-48(53-32-37)55-46-19-10-6-15-42(46)49-41-14-5-9-18-45(41)54(47-20-11-7-16-43(47)50(49)55)38-25-23-33-29-35(22-21-34(33)30-38)39-27-28-52-44-17-8-4-13-40(39)44/h3-32H,2H2,1H3/b12-3-,36-31+. The van der Waals surface area contributed by atoms with Gasteiger partial charge in [0.15, 0.2) is 0 Å². The topological polar surface area (TPSA) is 46.3 Å². The molecule has 0 radical (unpaired) electrons. The smallest absolute Gasteiger partial charge is 0.137 e. The second-order valence-electron chi connectivity index (χ2n) is 13.7. The van der Waals surface area contributed by atoms with Crippen LogP contribution in [-0.2, 0) is 0 Å². The highest BCUT2D eigenvalue weighted by atomic mass is 15.2. The molecular weight excluding hydrogens is 671 g/mol. The van der Waals surface area contributed by atoms with E-state index in [4.69, 9.17) is 4.98 Å². The molecule has 4 heterocycles. The number of benzene rings is 6. The third-order valence-corrected chi connectivity index (χ3v) is 10.6. The van der Waals surface area contributed by atoms with Gasteiger partial charge >= 0.3 is 0 Å². The van der Waals surface area contributed by atoms with Crippen LogP contribution in [0.5, 0.6) is 0 Å². The van der Waals surface area contributed by atoms with Gasteiger partial charge in [-0.3, -0.25) is 14.5 Å². The predicted octanol–water partition coefficient (Wildman–Crippen LogP) is 13.1. The number of aliphatic imine (C=N–C) groups is 1. The van der Waals surface area contributed by atoms with Crippen molar-refractivity contribution < 1.29 is 0 Å². The van der Waals surface area contributed by atoms with Crippen LogP contribution < -0.4 is 4.90 Å². The largest absolute Gasteiger partial charge is 0.309 e. The Bertz CT molecular complexity index is 3020. The Morgan fingerprint density at radius 2 is 1.38 bits per heavy atom. The summed E-state index contributed by atoms with van der Waals surface area (Å²) in [5.41, 5.74) is 14.3. The van der Waals surface area contributed by atoms with Gasteiger partial charge in [0.2, 0.25) is 0 Å². The highest BCUT2D eigenvalue weighted by Gasteiger charge is 2.31. The number of allylic oxidation sites excluding steroid dienone is 3. The lowest BCUT2D eigenvalue weighted by Gasteiger charge is -2.28. The summed E-state index contributed by atoms with van der Waals surface area (Å²) in [6.07, 6.45) is 9.62. The summed E-state index contributed by atoms with van der Waals surface area (Å²) in [6, 6.07) is 54.4. The third kappa shape index (κ3) is 5.28. The van der Waals surface area contributed by atoms with Gasteiger partial charge in [-0.05, 0) is 96.2 Å². The van der Waals surface area contributed by atoms with Gasteiger partial charge in [0, 0.05) is 62.9 Å². The molecular formula is C50H35N5. The Morgan fingerprint density at radius 1 is 0.655 bits per heavy atom. The molecule has 0 atom stereocenters. The van der Waals surface area contributed by atoms with E-state index < -0.39 is 0 Å². The Hall–Kier alpha value is -7.37. The Kier molecular flexibility index (Phi) is 7.77. The third-order valence-electron chi connectivity index (χ3n) is 10.6. The summed E-state index contributed by atoms with van der Waals surface area (Å²) in [7, 11) is 0. The van der Waals surface area contributed by atoms with Crippen molar-refractivity contribution in [1.29, 1.82) is 0 Å². The number of hydrogen-bond donors (Lipinski definition) is 0. The molecule has 0 amide bonds. The zero-order chi connectivity index (χ0) is 36.9. The molecule has 0 saturated heterocycles. The molecule has 10 rings (SSSR count). The fourth-order valence-corrected chi connectivity index (χ4v) is 8.23. The van der Waals surface area contributed by atoms with Crippen LogP contribution in [0.1, 0.15) is 12.5 Å². The van der Waals surface area contributed by atoms with Crippen molar-refractivity contribution in [2.45, 2.75) is 6.92 Å². The van der Waals surface area contributed by atoms with E-state index in [0.29, 0.717) is 0 Å². The molecule has 5 heteroatoms. The zero-order valence-corrected chi connectivity index (χ0v) is 30.3. The summed E-state index contributed by atoms with van der Waals surface area (Å²) in [4.78, 5) is 16.1. The molecule has 9 aromatic rings. The van der Waals surface area contributed by atoms with E-state index in [1.807, 2.05) is 37.5 Å². The fraction of sp³-hybridized carbons (Fsp3) is 0.0200. The van der Waals surface area contributed by atoms with Crippen molar-refractivity contribution in [3.05, 3.63) is 188 Å². The minimum Gasteiger partial charge on any atom is -0.309 e. The van der Waals surface area contributed by atoms with E-state index in [0.717, 1.165) is 67.3 Å². The molecule has 0 saturated carbocycles. The molecule has 0 N–H and O–H groups in total. The molecule has 5 nitrogen and oxygen atoms in total. The van der Waals surface area contributed by atoms with Crippen LogP contribution in [0.3, 0.4) is 0 Å². The van der Waals surface area contributed by atoms with Crippen LogP contribution in [0.25, 0.3) is 77.5 Å². The summed E-state index contributed by atoms with van der Waals surface area (Å²) >= 11 is 0. The van der Waals surface area contributed by atoms with E-state index in [1.165, 1.54) is 32.8 Å². The zero-order valence-electron chi connectivity index (χ0n) is 30.3. The number of anilines is 3. The first-order valence-corrected chi connectivity index (χ1v) is 18.5. The van der Waals surface area contributed by atoms with E-state index in [9.17, 15) is 0 Å². The maximum absolute atomic E-state index is 5.09. The monoisotopic (exact) mass is 705 g/mol. The van der Waals surface area contributed by atoms with Crippen molar-refractivity contribution in [1.82, 2.24) is 14.5 Å². The normalized spacial score (nSPS) is 12.5. The molecule has 1 aliphatic heterocycles. The van der Waals surface area contributed by atoms with Gasteiger partial charge in [0.05, 0.1) is 28.1 Å². The summed E-state index contributed by atoms with van der Waals surface area (Å²) in [6.45, 7) is 5.67. The molecule has 0 fully saturated rings. The number of pyridine rings is 2. The minimum atomic E-state index is 0.844. The predicted molar refractivity (Wildman–Crippen MR) is 231 cm³/mol. The average Bonchev–Trinajstić information content (AvgIpc) is 3.52. The Morgan fingerprint density at radius 3 is 2.20 bits per heavy atom. The number of nitrogens with zero attached hydrogens (tertiary/aromatic N) is 5.